The molecular weight excluding hydrogens is 562 g/mol. The van der Waals surface area contributed by atoms with E-state index in [2.05, 4.69) is 15.6 Å². The van der Waals surface area contributed by atoms with Gasteiger partial charge in [0, 0.05) is 10.6 Å². The molecular formula is C30H21N3O6S2. The lowest BCUT2D eigenvalue weighted by molar-refractivity contribution is -0.115. The van der Waals surface area contributed by atoms with Crippen LogP contribution in [0.3, 0.4) is 0 Å². The molecule has 1 unspecified atom stereocenters. The number of carbonyl (C=O) groups is 4. The van der Waals surface area contributed by atoms with Gasteiger partial charge in [-0.15, -0.1) is 11.8 Å². The highest BCUT2D eigenvalue weighted by Gasteiger charge is 2.24. The summed E-state index contributed by atoms with van der Waals surface area (Å²) in [6.07, 6.45) is 0. The predicted octanol–water partition coefficient (Wildman–Crippen LogP) is 6.42. The van der Waals surface area contributed by atoms with Crippen LogP contribution >= 0.6 is 23.1 Å². The number of carbonyl (C=O) groups excluding carboxylic acids is 2. The number of amides is 2. The number of nitrogens with one attached hydrogen (secondary N) is 2. The first-order valence-corrected chi connectivity index (χ1v) is 13.9. The molecule has 41 heavy (non-hydrogen) atoms. The second-order valence-corrected chi connectivity index (χ2v) is 10.9. The van der Waals surface area contributed by atoms with Crippen molar-refractivity contribution in [2.75, 3.05) is 10.6 Å². The summed E-state index contributed by atoms with van der Waals surface area (Å²) in [5, 5.41) is 24.1. The molecule has 0 radical (unpaired) electrons. The Morgan fingerprint density at radius 2 is 1.51 bits per heavy atom. The van der Waals surface area contributed by atoms with E-state index in [-0.39, 0.29) is 17.0 Å². The van der Waals surface area contributed by atoms with Crippen molar-refractivity contribution < 1.29 is 29.4 Å². The number of carboxylic acid groups (broad SMARTS) is 2. The Bertz CT molecular complexity index is 1750. The monoisotopic (exact) mass is 583 g/mol. The maximum Gasteiger partial charge on any atom is 0.336 e. The number of thioether (sulfide) groups is 1. The third-order valence-corrected chi connectivity index (χ3v) is 8.15. The van der Waals surface area contributed by atoms with Gasteiger partial charge < -0.3 is 20.8 Å². The molecule has 204 valence electrons. The Hall–Kier alpha value is -5.00. The molecule has 0 saturated heterocycles. The van der Waals surface area contributed by atoms with E-state index in [1.54, 1.807) is 24.3 Å². The van der Waals surface area contributed by atoms with Crippen LogP contribution in [-0.2, 0) is 4.79 Å². The molecule has 0 spiro atoms. The Balaban J connectivity index is 1.37. The lowest BCUT2D eigenvalue weighted by Crippen LogP contribution is -2.19. The molecule has 0 aliphatic rings. The van der Waals surface area contributed by atoms with Gasteiger partial charge >= 0.3 is 11.9 Å². The zero-order valence-electron chi connectivity index (χ0n) is 21.1. The maximum atomic E-state index is 13.5. The van der Waals surface area contributed by atoms with Gasteiger partial charge in [0.25, 0.3) is 5.91 Å². The molecule has 0 aliphatic heterocycles. The van der Waals surface area contributed by atoms with E-state index in [1.165, 1.54) is 35.2 Å². The number of para-hydroxylation sites is 1. The van der Waals surface area contributed by atoms with Gasteiger partial charge in [-0.05, 0) is 54.1 Å². The van der Waals surface area contributed by atoms with Crippen molar-refractivity contribution in [3.8, 4) is 0 Å². The molecule has 5 aromatic rings. The number of hydrogen-bond acceptors (Lipinski definition) is 7. The zero-order chi connectivity index (χ0) is 28.9. The Morgan fingerprint density at radius 1 is 0.756 bits per heavy atom. The second kappa shape index (κ2) is 12.0. The van der Waals surface area contributed by atoms with Gasteiger partial charge in [-0.1, -0.05) is 59.9 Å². The molecule has 0 fully saturated rings. The average molecular weight is 584 g/mol. The smallest absolute Gasteiger partial charge is 0.336 e. The molecule has 5 rings (SSSR count). The van der Waals surface area contributed by atoms with E-state index in [9.17, 15) is 24.3 Å². The minimum atomic E-state index is -1.42. The van der Waals surface area contributed by atoms with Crippen LogP contribution in [0.15, 0.2) is 102 Å². The average Bonchev–Trinajstić information content (AvgIpc) is 3.38. The van der Waals surface area contributed by atoms with Crippen LogP contribution in [0.2, 0.25) is 0 Å². The van der Waals surface area contributed by atoms with Crippen molar-refractivity contribution in [1.29, 1.82) is 0 Å². The van der Waals surface area contributed by atoms with Crippen LogP contribution in [0.5, 0.6) is 0 Å². The Labute approximate surface area is 241 Å². The van der Waals surface area contributed by atoms with Crippen molar-refractivity contribution in [2.45, 2.75) is 10.1 Å². The highest BCUT2D eigenvalue weighted by molar-refractivity contribution is 8.00. The predicted molar refractivity (Wildman–Crippen MR) is 158 cm³/mol. The van der Waals surface area contributed by atoms with Crippen LogP contribution < -0.4 is 10.6 Å². The minimum Gasteiger partial charge on any atom is -0.478 e. The fourth-order valence-corrected chi connectivity index (χ4v) is 5.98. The molecule has 9 nitrogen and oxygen atoms in total. The van der Waals surface area contributed by atoms with E-state index in [0.717, 1.165) is 21.8 Å². The number of aromatic nitrogens is 1. The van der Waals surface area contributed by atoms with Crippen molar-refractivity contribution >= 4 is 67.9 Å². The molecule has 0 bridgehead atoms. The van der Waals surface area contributed by atoms with Crippen molar-refractivity contribution in [1.82, 2.24) is 4.98 Å². The van der Waals surface area contributed by atoms with E-state index < -0.39 is 28.7 Å². The number of anilines is 2. The highest BCUT2D eigenvalue weighted by Crippen LogP contribution is 2.38. The summed E-state index contributed by atoms with van der Waals surface area (Å²) in [5.74, 6) is -3.70. The molecule has 2 amide bonds. The van der Waals surface area contributed by atoms with E-state index in [1.807, 2.05) is 54.6 Å². The van der Waals surface area contributed by atoms with E-state index in [4.69, 9.17) is 5.11 Å². The van der Waals surface area contributed by atoms with Gasteiger partial charge in [0.2, 0.25) is 5.91 Å². The Kier molecular flexibility index (Phi) is 8.09. The summed E-state index contributed by atoms with van der Waals surface area (Å²) in [6, 6.07) is 27.0. The van der Waals surface area contributed by atoms with Crippen LogP contribution in [0.1, 0.15) is 41.9 Å². The SMILES string of the molecule is O=C(O)c1ccc(C(=O)Nc2cccc(SC(C(=O)Nc3nc4ccccc4s3)c3ccccc3)c2)c(C(=O)O)c1. The van der Waals surface area contributed by atoms with Gasteiger partial charge in [-0.3, -0.25) is 9.59 Å². The molecule has 1 heterocycles. The molecule has 0 saturated carbocycles. The number of hydrogen-bond donors (Lipinski definition) is 4. The first-order chi connectivity index (χ1) is 19.8. The number of aromatic carboxylic acids is 2. The molecule has 1 atom stereocenters. The van der Waals surface area contributed by atoms with Crippen LogP contribution in [0.4, 0.5) is 10.8 Å². The second-order valence-electron chi connectivity index (χ2n) is 8.74. The van der Waals surface area contributed by atoms with E-state index >= 15 is 0 Å². The summed E-state index contributed by atoms with van der Waals surface area (Å²) in [7, 11) is 0. The van der Waals surface area contributed by atoms with Gasteiger partial charge in [-0.25, -0.2) is 14.6 Å². The van der Waals surface area contributed by atoms with Crippen LogP contribution in [-0.4, -0.2) is 39.0 Å². The molecule has 1 aromatic heterocycles. The first kappa shape index (κ1) is 27.6. The zero-order valence-corrected chi connectivity index (χ0v) is 22.7. The van der Waals surface area contributed by atoms with E-state index in [0.29, 0.717) is 15.7 Å². The lowest BCUT2D eigenvalue weighted by Gasteiger charge is -2.17. The molecule has 4 N–H and O–H groups in total. The molecule has 4 aromatic carbocycles. The largest absolute Gasteiger partial charge is 0.478 e. The molecule has 11 heteroatoms. The third-order valence-electron chi connectivity index (χ3n) is 5.95. The number of carboxylic acids is 2. The maximum absolute atomic E-state index is 13.5. The fourth-order valence-electron chi connectivity index (χ4n) is 4.03. The van der Waals surface area contributed by atoms with Crippen LogP contribution in [0, 0.1) is 0 Å². The van der Waals surface area contributed by atoms with Crippen molar-refractivity contribution in [3.05, 3.63) is 119 Å². The number of thiazole rings is 1. The summed E-state index contributed by atoms with van der Waals surface area (Å²) in [4.78, 5) is 54.6. The number of benzene rings is 4. The topological polar surface area (TPSA) is 146 Å². The van der Waals surface area contributed by atoms with Crippen molar-refractivity contribution in [3.63, 3.8) is 0 Å². The fraction of sp³-hybridized carbons (Fsp3) is 0.0333. The number of nitrogens with zero attached hydrogens (tertiary/aromatic N) is 1. The quantitative estimate of drug-likeness (QED) is 0.146. The minimum absolute atomic E-state index is 0.182. The lowest BCUT2D eigenvalue weighted by atomic mass is 10.0. The number of fused-ring (bicyclic) bond motifs is 1. The summed E-state index contributed by atoms with van der Waals surface area (Å²) >= 11 is 2.66. The van der Waals surface area contributed by atoms with Gasteiger partial charge in [0.05, 0.1) is 26.9 Å². The standard InChI is InChI=1S/C30H21N3O6S2/c34-26(21-14-13-18(28(36)37)15-22(21)29(38)39)31-19-9-6-10-20(16-19)40-25(17-7-2-1-3-8-17)27(35)33-30-32-23-11-4-5-12-24(23)41-30/h1-16,25H,(H,31,34)(H,36,37)(H,38,39)(H,32,33,35). The third kappa shape index (κ3) is 6.43. The highest BCUT2D eigenvalue weighted by atomic mass is 32.2. The summed E-state index contributed by atoms with van der Waals surface area (Å²) in [5.41, 5.74) is 1.09. The first-order valence-electron chi connectivity index (χ1n) is 12.2. The van der Waals surface area contributed by atoms with Gasteiger partial charge in [-0.2, -0.15) is 0 Å². The normalized spacial score (nSPS) is 11.5. The van der Waals surface area contributed by atoms with Crippen LogP contribution in [0.25, 0.3) is 10.2 Å². The Morgan fingerprint density at radius 3 is 2.24 bits per heavy atom. The summed E-state index contributed by atoms with van der Waals surface area (Å²) in [6.45, 7) is 0. The number of rotatable bonds is 9. The molecule has 0 aliphatic carbocycles. The van der Waals surface area contributed by atoms with Gasteiger partial charge in [0.15, 0.2) is 5.13 Å². The van der Waals surface area contributed by atoms with Gasteiger partial charge in [0.1, 0.15) is 5.25 Å². The summed E-state index contributed by atoms with van der Waals surface area (Å²) < 4.78 is 0.957. The van der Waals surface area contributed by atoms with Crippen molar-refractivity contribution in [2.24, 2.45) is 0 Å².